The Balaban J connectivity index is 1.45. The molecule has 0 saturated carbocycles. The van der Waals surface area contributed by atoms with E-state index >= 15 is 0 Å². The Morgan fingerprint density at radius 3 is 2.31 bits per heavy atom. The number of hydrogen-bond acceptors (Lipinski definition) is 7. The quantitative estimate of drug-likeness (QED) is 0.427. The number of nitrogens with one attached hydrogen (secondary N) is 2. The van der Waals surface area contributed by atoms with Crippen LogP contribution in [0.15, 0.2) is 24.3 Å². The molecule has 3 N–H and O–H groups in total. The molecule has 0 aromatic heterocycles. The molecule has 1 aromatic carbocycles. The Morgan fingerprint density at radius 2 is 1.69 bits per heavy atom. The molecule has 3 aliphatic heterocycles. The third-order valence-electron chi connectivity index (χ3n) is 8.35. The minimum absolute atomic E-state index is 0.105. The van der Waals surface area contributed by atoms with Gasteiger partial charge in [-0.3, -0.25) is 19.2 Å². The summed E-state index contributed by atoms with van der Waals surface area (Å²) in [6, 6.07) is 5.45. The molecule has 0 spiro atoms. The molecule has 5 atom stereocenters. The summed E-state index contributed by atoms with van der Waals surface area (Å²) in [6.07, 6.45) is 0.373. The van der Waals surface area contributed by atoms with Crippen LogP contribution >= 0.6 is 0 Å². The van der Waals surface area contributed by atoms with Crippen LogP contribution in [0.1, 0.15) is 57.3 Å². The number of amides is 3. The minimum Gasteiger partial charge on any atom is -0.383 e. The Bertz CT molecular complexity index is 1050. The monoisotopic (exact) mass is 541 g/mol. The topological polar surface area (TPSA) is 122 Å². The zero-order chi connectivity index (χ0) is 28.3. The second kappa shape index (κ2) is 12.5. The molecule has 0 aliphatic carbocycles. The van der Waals surface area contributed by atoms with E-state index in [9.17, 15) is 24.3 Å². The predicted molar refractivity (Wildman–Crippen MR) is 148 cm³/mol. The van der Waals surface area contributed by atoms with Crippen molar-refractivity contribution < 1.29 is 24.3 Å². The van der Waals surface area contributed by atoms with Gasteiger partial charge in [-0.1, -0.05) is 34.1 Å². The Hall–Kier alpha value is -2.98. The lowest BCUT2D eigenvalue weighted by Crippen LogP contribution is -2.53. The summed E-state index contributed by atoms with van der Waals surface area (Å²) >= 11 is 0. The third kappa shape index (κ3) is 6.27. The molecule has 3 saturated heterocycles. The number of likely N-dealkylation sites (tertiary alicyclic amines) is 2. The van der Waals surface area contributed by atoms with Crippen LogP contribution in [0.3, 0.4) is 0 Å². The number of nitrogens with zero attached hydrogens (tertiary/aromatic N) is 3. The summed E-state index contributed by atoms with van der Waals surface area (Å²) < 4.78 is 0. The largest absolute Gasteiger partial charge is 0.383 e. The number of aliphatic hydroxyl groups excluding tert-OH is 1. The van der Waals surface area contributed by atoms with Crippen LogP contribution in [-0.2, 0) is 14.4 Å². The fourth-order valence-corrected chi connectivity index (χ4v) is 5.88. The van der Waals surface area contributed by atoms with Gasteiger partial charge in [0, 0.05) is 44.0 Å². The van der Waals surface area contributed by atoms with E-state index in [1.165, 1.54) is 9.80 Å². The van der Waals surface area contributed by atoms with E-state index in [1.807, 2.05) is 32.9 Å². The molecule has 1 aromatic rings. The standard InChI is InChI=1S/C29H43N5O5/c1-5-19(4)26(36)29(39)34-17-24(35)25-23(34)10-13-33(25)28(38)22(16-18(2)3)31-27(37)20-6-8-21(9-7-20)32-14-11-30-12-15-32/h6-9,18-19,22-23,25-26,30,36H,5,10-17H2,1-4H3,(H,31,37). The second-order valence-electron chi connectivity index (χ2n) is 11.5. The van der Waals surface area contributed by atoms with E-state index in [1.54, 1.807) is 19.1 Å². The zero-order valence-electron chi connectivity index (χ0n) is 23.6. The molecular weight excluding hydrogens is 498 g/mol. The summed E-state index contributed by atoms with van der Waals surface area (Å²) in [5.74, 6) is -1.36. The normalized spacial score (nSPS) is 23.5. The molecule has 10 heteroatoms. The number of ketones is 1. The molecule has 3 amide bonds. The highest BCUT2D eigenvalue weighted by Crippen LogP contribution is 2.32. The highest BCUT2D eigenvalue weighted by Gasteiger charge is 2.53. The SMILES string of the molecule is CCC(C)C(O)C(=O)N1CC(=O)C2C1CCN2C(=O)C(CC(C)C)NC(=O)c1ccc(N2CCNCC2)cc1. The summed E-state index contributed by atoms with van der Waals surface area (Å²) in [4.78, 5) is 58.2. The maximum atomic E-state index is 13.8. The van der Waals surface area contributed by atoms with Gasteiger partial charge in [0.15, 0.2) is 5.78 Å². The van der Waals surface area contributed by atoms with Crippen LogP contribution < -0.4 is 15.5 Å². The lowest BCUT2D eigenvalue weighted by Gasteiger charge is -2.30. The van der Waals surface area contributed by atoms with Crippen LogP contribution in [0.2, 0.25) is 0 Å². The molecule has 3 heterocycles. The molecule has 0 radical (unpaired) electrons. The van der Waals surface area contributed by atoms with Crippen molar-refractivity contribution >= 4 is 29.2 Å². The summed E-state index contributed by atoms with van der Waals surface area (Å²) in [6.45, 7) is 11.6. The number of piperazine rings is 1. The third-order valence-corrected chi connectivity index (χ3v) is 8.35. The van der Waals surface area contributed by atoms with Crippen molar-refractivity contribution in [1.82, 2.24) is 20.4 Å². The van der Waals surface area contributed by atoms with E-state index in [-0.39, 0.29) is 36.0 Å². The average Bonchev–Trinajstić information content (AvgIpc) is 3.52. The first-order chi connectivity index (χ1) is 18.6. The van der Waals surface area contributed by atoms with Crippen molar-refractivity contribution in [3.63, 3.8) is 0 Å². The van der Waals surface area contributed by atoms with Crippen LogP contribution in [0.5, 0.6) is 0 Å². The van der Waals surface area contributed by atoms with Crippen molar-refractivity contribution in [1.29, 1.82) is 0 Å². The smallest absolute Gasteiger partial charge is 0.252 e. The van der Waals surface area contributed by atoms with Gasteiger partial charge >= 0.3 is 0 Å². The van der Waals surface area contributed by atoms with E-state index in [0.29, 0.717) is 31.4 Å². The minimum atomic E-state index is -1.17. The lowest BCUT2D eigenvalue weighted by molar-refractivity contribution is -0.144. The van der Waals surface area contributed by atoms with Gasteiger partial charge in [0.1, 0.15) is 18.2 Å². The average molecular weight is 542 g/mol. The van der Waals surface area contributed by atoms with Gasteiger partial charge in [-0.15, -0.1) is 0 Å². The summed E-state index contributed by atoms with van der Waals surface area (Å²) in [5.41, 5.74) is 1.53. The number of fused-ring (bicyclic) bond motifs is 1. The maximum absolute atomic E-state index is 13.8. The zero-order valence-corrected chi connectivity index (χ0v) is 23.6. The van der Waals surface area contributed by atoms with Crippen molar-refractivity contribution in [2.75, 3.05) is 44.2 Å². The maximum Gasteiger partial charge on any atom is 0.252 e. The molecule has 214 valence electrons. The molecule has 39 heavy (non-hydrogen) atoms. The second-order valence-corrected chi connectivity index (χ2v) is 11.5. The Labute approximate surface area is 231 Å². The van der Waals surface area contributed by atoms with Gasteiger partial charge in [0.25, 0.3) is 11.8 Å². The van der Waals surface area contributed by atoms with Crippen molar-refractivity contribution in [2.45, 2.75) is 71.2 Å². The number of carbonyl (C=O) groups excluding carboxylic acids is 4. The fourth-order valence-electron chi connectivity index (χ4n) is 5.88. The van der Waals surface area contributed by atoms with Crippen LogP contribution in [0.25, 0.3) is 0 Å². The molecular formula is C29H43N5O5. The first-order valence-corrected chi connectivity index (χ1v) is 14.3. The Morgan fingerprint density at radius 1 is 1.03 bits per heavy atom. The van der Waals surface area contributed by atoms with Crippen molar-refractivity contribution in [3.05, 3.63) is 29.8 Å². The van der Waals surface area contributed by atoms with Gasteiger partial charge in [0.2, 0.25) is 5.91 Å². The summed E-state index contributed by atoms with van der Waals surface area (Å²) in [5, 5.41) is 16.7. The first kappa shape index (κ1) is 29.0. The number of Topliss-reactive ketones (excluding diaryl/α,β-unsaturated/α-hetero) is 1. The molecule has 5 unspecified atom stereocenters. The van der Waals surface area contributed by atoms with Gasteiger partial charge in [-0.2, -0.15) is 0 Å². The van der Waals surface area contributed by atoms with E-state index in [4.69, 9.17) is 0 Å². The number of anilines is 1. The highest BCUT2D eigenvalue weighted by atomic mass is 16.3. The number of carbonyl (C=O) groups is 4. The molecule has 0 bridgehead atoms. The van der Waals surface area contributed by atoms with Crippen molar-refractivity contribution in [3.8, 4) is 0 Å². The fraction of sp³-hybridized carbons (Fsp3) is 0.655. The molecule has 10 nitrogen and oxygen atoms in total. The first-order valence-electron chi connectivity index (χ1n) is 14.3. The molecule has 3 fully saturated rings. The van der Waals surface area contributed by atoms with Crippen LogP contribution in [-0.4, -0.2) is 102 Å². The van der Waals surface area contributed by atoms with Crippen LogP contribution in [0, 0.1) is 11.8 Å². The summed E-state index contributed by atoms with van der Waals surface area (Å²) in [7, 11) is 0. The number of benzene rings is 1. The van der Waals surface area contributed by atoms with Gasteiger partial charge in [0.05, 0.1) is 12.6 Å². The van der Waals surface area contributed by atoms with Gasteiger partial charge in [-0.25, -0.2) is 0 Å². The lowest BCUT2D eigenvalue weighted by atomic mass is 10.00. The van der Waals surface area contributed by atoms with Crippen molar-refractivity contribution in [2.24, 2.45) is 11.8 Å². The Kier molecular flexibility index (Phi) is 9.27. The van der Waals surface area contributed by atoms with Gasteiger partial charge < -0.3 is 30.4 Å². The van der Waals surface area contributed by atoms with E-state index in [2.05, 4.69) is 15.5 Å². The van der Waals surface area contributed by atoms with Crippen LogP contribution in [0.4, 0.5) is 5.69 Å². The van der Waals surface area contributed by atoms with E-state index in [0.717, 1.165) is 31.9 Å². The molecule has 3 aliphatic rings. The highest BCUT2D eigenvalue weighted by molar-refractivity contribution is 6.01. The number of aliphatic hydroxyl groups is 1. The van der Waals surface area contributed by atoms with E-state index < -0.39 is 30.1 Å². The molecule has 4 rings (SSSR count). The van der Waals surface area contributed by atoms with Gasteiger partial charge in [-0.05, 0) is 48.9 Å². The number of hydrogen-bond donors (Lipinski definition) is 3. The predicted octanol–water partition coefficient (Wildman–Crippen LogP) is 1.03. The number of rotatable bonds is 9.